The Morgan fingerprint density at radius 3 is 2.25 bits per heavy atom. The van der Waals surface area contributed by atoms with Crippen molar-refractivity contribution >= 4 is 17.7 Å². The predicted octanol–water partition coefficient (Wildman–Crippen LogP) is -0.711. The van der Waals surface area contributed by atoms with Crippen LogP contribution in [0, 0.1) is 0 Å². The maximum atomic E-state index is 12.3. The molecule has 2 saturated heterocycles. The van der Waals surface area contributed by atoms with Crippen LogP contribution in [0.2, 0.25) is 0 Å². The summed E-state index contributed by atoms with van der Waals surface area (Å²) in [4.78, 5) is 41.5. The number of benzene rings is 1. The van der Waals surface area contributed by atoms with Gasteiger partial charge in [-0.3, -0.25) is 14.4 Å². The zero-order valence-electron chi connectivity index (χ0n) is 13.6. The van der Waals surface area contributed by atoms with E-state index in [1.165, 1.54) is 4.90 Å². The first-order chi connectivity index (χ1) is 11.6. The lowest BCUT2D eigenvalue weighted by Crippen LogP contribution is -2.57. The number of carbonyl (C=O) groups is 3. The van der Waals surface area contributed by atoms with E-state index in [2.05, 4.69) is 5.32 Å². The smallest absolute Gasteiger partial charge is 0.312 e. The Kier molecular flexibility index (Phi) is 5.10. The van der Waals surface area contributed by atoms with Crippen LogP contribution in [0.15, 0.2) is 30.3 Å². The minimum absolute atomic E-state index is 0.0102. The van der Waals surface area contributed by atoms with Gasteiger partial charge in [0.2, 0.25) is 5.91 Å². The van der Waals surface area contributed by atoms with Crippen molar-refractivity contribution in [3.8, 4) is 0 Å². The van der Waals surface area contributed by atoms with Gasteiger partial charge in [0.15, 0.2) is 0 Å². The fourth-order valence-electron chi connectivity index (χ4n) is 3.00. The van der Waals surface area contributed by atoms with E-state index in [0.29, 0.717) is 32.7 Å². The Morgan fingerprint density at radius 1 is 0.917 bits per heavy atom. The minimum Gasteiger partial charge on any atom is -0.339 e. The van der Waals surface area contributed by atoms with Crippen LogP contribution < -0.4 is 5.32 Å². The molecule has 2 heterocycles. The third kappa shape index (κ3) is 3.73. The summed E-state index contributed by atoms with van der Waals surface area (Å²) in [5.41, 5.74) is 0.990. The maximum Gasteiger partial charge on any atom is 0.312 e. The number of hydrogen-bond donors (Lipinski definition) is 1. The molecule has 0 aliphatic carbocycles. The van der Waals surface area contributed by atoms with E-state index in [1.807, 2.05) is 30.3 Å². The van der Waals surface area contributed by atoms with Gasteiger partial charge in [0.25, 0.3) is 0 Å². The van der Waals surface area contributed by atoms with Crippen molar-refractivity contribution in [3.05, 3.63) is 35.9 Å². The molecule has 7 heteroatoms. The first-order valence-electron chi connectivity index (χ1n) is 8.26. The molecule has 0 aromatic heterocycles. The molecule has 1 aromatic carbocycles. The second-order valence-corrected chi connectivity index (χ2v) is 6.07. The van der Waals surface area contributed by atoms with E-state index >= 15 is 0 Å². The number of hydrogen-bond acceptors (Lipinski definition) is 4. The number of amides is 3. The fraction of sp³-hybridized carbons (Fsp3) is 0.471. The standard InChI is InChI=1S/C17H22N4O3/c22-15(19-8-6-18-7-9-19)13-21-11-10-20(16(23)17(21)24)12-14-4-2-1-3-5-14/h1-5,18H,6-13H2. The van der Waals surface area contributed by atoms with Crippen LogP contribution in [0.4, 0.5) is 0 Å². The molecule has 3 rings (SSSR count). The number of nitrogens with one attached hydrogen (secondary N) is 1. The van der Waals surface area contributed by atoms with Crippen LogP contribution in [0.5, 0.6) is 0 Å². The highest BCUT2D eigenvalue weighted by Crippen LogP contribution is 2.11. The Hall–Kier alpha value is -2.41. The van der Waals surface area contributed by atoms with Gasteiger partial charge in [-0.05, 0) is 5.56 Å². The molecular weight excluding hydrogens is 308 g/mol. The molecule has 0 spiro atoms. The first kappa shape index (κ1) is 16.4. The van der Waals surface area contributed by atoms with Crippen LogP contribution in [-0.2, 0) is 20.9 Å². The first-order valence-corrected chi connectivity index (χ1v) is 8.26. The molecule has 0 saturated carbocycles. The van der Waals surface area contributed by atoms with Gasteiger partial charge in [0.1, 0.15) is 6.54 Å². The summed E-state index contributed by atoms with van der Waals surface area (Å²) < 4.78 is 0. The molecule has 2 aliphatic rings. The monoisotopic (exact) mass is 330 g/mol. The van der Waals surface area contributed by atoms with Gasteiger partial charge in [0.05, 0.1) is 0 Å². The Bertz CT molecular complexity index is 614. The van der Waals surface area contributed by atoms with Gasteiger partial charge in [-0.1, -0.05) is 30.3 Å². The van der Waals surface area contributed by atoms with Gasteiger partial charge in [-0.25, -0.2) is 0 Å². The van der Waals surface area contributed by atoms with Crippen molar-refractivity contribution in [1.29, 1.82) is 0 Å². The minimum atomic E-state index is -0.583. The third-order valence-corrected chi connectivity index (χ3v) is 4.41. The lowest BCUT2D eigenvalue weighted by Gasteiger charge is -2.35. The summed E-state index contributed by atoms with van der Waals surface area (Å²) in [5, 5.41) is 3.18. The molecule has 2 aliphatic heterocycles. The van der Waals surface area contributed by atoms with Crippen molar-refractivity contribution in [2.75, 3.05) is 45.8 Å². The molecule has 3 amide bonds. The summed E-state index contributed by atoms with van der Waals surface area (Å²) >= 11 is 0. The average molecular weight is 330 g/mol. The molecule has 0 unspecified atom stereocenters. The van der Waals surface area contributed by atoms with Crippen LogP contribution in [-0.4, -0.2) is 78.2 Å². The number of nitrogens with zero attached hydrogens (tertiary/aromatic N) is 3. The molecule has 128 valence electrons. The second-order valence-electron chi connectivity index (χ2n) is 6.07. The largest absolute Gasteiger partial charge is 0.339 e. The van der Waals surface area contributed by atoms with E-state index in [-0.39, 0.29) is 12.5 Å². The highest BCUT2D eigenvalue weighted by molar-refractivity contribution is 6.35. The van der Waals surface area contributed by atoms with E-state index in [4.69, 9.17) is 0 Å². The summed E-state index contributed by atoms with van der Waals surface area (Å²) in [6, 6.07) is 9.58. The Morgan fingerprint density at radius 2 is 1.54 bits per heavy atom. The Balaban J connectivity index is 1.56. The lowest BCUT2D eigenvalue weighted by atomic mass is 10.2. The topological polar surface area (TPSA) is 73.0 Å². The molecular formula is C17H22N4O3. The van der Waals surface area contributed by atoms with Crippen LogP contribution in [0.1, 0.15) is 5.56 Å². The molecule has 0 atom stereocenters. The number of carbonyl (C=O) groups excluding carboxylic acids is 3. The fourth-order valence-corrected chi connectivity index (χ4v) is 3.00. The van der Waals surface area contributed by atoms with Gasteiger partial charge >= 0.3 is 11.8 Å². The van der Waals surface area contributed by atoms with E-state index in [9.17, 15) is 14.4 Å². The zero-order chi connectivity index (χ0) is 16.9. The van der Waals surface area contributed by atoms with E-state index < -0.39 is 11.8 Å². The lowest BCUT2D eigenvalue weighted by molar-refractivity contribution is -0.158. The molecule has 7 nitrogen and oxygen atoms in total. The molecule has 0 bridgehead atoms. The second kappa shape index (κ2) is 7.44. The van der Waals surface area contributed by atoms with Crippen molar-refractivity contribution < 1.29 is 14.4 Å². The quantitative estimate of drug-likeness (QED) is 0.740. The highest BCUT2D eigenvalue weighted by Gasteiger charge is 2.34. The van der Waals surface area contributed by atoms with Gasteiger partial charge in [-0.2, -0.15) is 0 Å². The molecule has 1 N–H and O–H groups in total. The maximum absolute atomic E-state index is 12.3. The normalized spacial score (nSPS) is 18.9. The third-order valence-electron chi connectivity index (χ3n) is 4.41. The van der Waals surface area contributed by atoms with Crippen LogP contribution in [0.3, 0.4) is 0 Å². The summed E-state index contributed by atoms with van der Waals surface area (Å²) in [5.74, 6) is -1.20. The summed E-state index contributed by atoms with van der Waals surface area (Å²) in [6.07, 6.45) is 0. The molecule has 24 heavy (non-hydrogen) atoms. The van der Waals surface area contributed by atoms with Gasteiger partial charge < -0.3 is 20.0 Å². The summed E-state index contributed by atoms with van der Waals surface area (Å²) in [6.45, 7) is 4.09. The zero-order valence-corrected chi connectivity index (χ0v) is 13.6. The van der Waals surface area contributed by atoms with Crippen LogP contribution >= 0.6 is 0 Å². The highest BCUT2D eigenvalue weighted by atomic mass is 16.2. The average Bonchev–Trinajstić information content (AvgIpc) is 2.63. The van der Waals surface area contributed by atoms with Crippen molar-refractivity contribution in [2.24, 2.45) is 0 Å². The number of piperazine rings is 2. The van der Waals surface area contributed by atoms with Crippen molar-refractivity contribution in [2.45, 2.75) is 6.54 Å². The van der Waals surface area contributed by atoms with Gasteiger partial charge in [0, 0.05) is 45.8 Å². The number of rotatable bonds is 4. The summed E-state index contributed by atoms with van der Waals surface area (Å²) in [7, 11) is 0. The van der Waals surface area contributed by atoms with E-state index in [0.717, 1.165) is 18.7 Å². The van der Waals surface area contributed by atoms with Crippen molar-refractivity contribution in [1.82, 2.24) is 20.0 Å². The van der Waals surface area contributed by atoms with Crippen molar-refractivity contribution in [3.63, 3.8) is 0 Å². The molecule has 2 fully saturated rings. The molecule has 0 radical (unpaired) electrons. The Labute approximate surface area is 141 Å². The SMILES string of the molecule is O=C(CN1CCN(Cc2ccccc2)C(=O)C1=O)N1CCNCC1. The van der Waals surface area contributed by atoms with E-state index in [1.54, 1.807) is 9.80 Å². The predicted molar refractivity (Wildman–Crippen MR) is 87.9 cm³/mol. The van der Waals surface area contributed by atoms with Gasteiger partial charge in [-0.15, -0.1) is 0 Å². The van der Waals surface area contributed by atoms with Crippen LogP contribution in [0.25, 0.3) is 0 Å². The molecule has 1 aromatic rings.